The summed E-state index contributed by atoms with van der Waals surface area (Å²) in [6.45, 7) is 1.98. The van der Waals surface area contributed by atoms with E-state index >= 15 is 0 Å². The van der Waals surface area contributed by atoms with Gasteiger partial charge in [0.2, 0.25) is 5.13 Å². The molecule has 1 aromatic carbocycles. The van der Waals surface area contributed by atoms with Gasteiger partial charge in [0.15, 0.2) is 11.1 Å². The molecule has 0 fully saturated rings. The van der Waals surface area contributed by atoms with Crippen LogP contribution in [0.25, 0.3) is 11.3 Å². The largest absolute Gasteiger partial charge is 0.370 e. The topological polar surface area (TPSA) is 101 Å². The molecule has 2 rings (SSSR count). The smallest absolute Gasteiger partial charge is 0.213 e. The molecule has 0 unspecified atom stereocenters. The number of nitrogens with zero attached hydrogens (tertiary/aromatic N) is 2. The monoisotopic (exact) mass is 320 g/mol. The second kappa shape index (κ2) is 6.51. The van der Waals surface area contributed by atoms with Gasteiger partial charge in [-0.25, -0.2) is 4.98 Å². The van der Waals surface area contributed by atoms with Gasteiger partial charge in [-0.15, -0.1) is 0 Å². The molecule has 1 heterocycles. The quantitative estimate of drug-likeness (QED) is 0.392. The highest BCUT2D eigenvalue weighted by atomic mass is 32.1. The second-order valence-electron chi connectivity index (χ2n) is 4.22. The fourth-order valence-electron chi connectivity index (χ4n) is 1.75. The Balaban J connectivity index is 2.34. The van der Waals surface area contributed by atoms with E-state index in [2.05, 4.69) is 20.6 Å². The van der Waals surface area contributed by atoms with Crippen molar-refractivity contribution in [3.05, 3.63) is 29.1 Å². The van der Waals surface area contributed by atoms with Crippen molar-refractivity contribution in [1.82, 2.24) is 10.3 Å². The number of aryl methyl sites for hydroxylation is 1. The molecule has 1 aromatic heterocycles. The summed E-state index contributed by atoms with van der Waals surface area (Å²) < 4.78 is 0. The van der Waals surface area contributed by atoms with E-state index in [0.717, 1.165) is 21.8 Å². The molecule has 6 nitrogen and oxygen atoms in total. The Morgan fingerprint density at radius 3 is 2.81 bits per heavy atom. The number of hydrogen-bond acceptors (Lipinski definition) is 4. The lowest BCUT2D eigenvalue weighted by Gasteiger charge is -2.08. The van der Waals surface area contributed by atoms with Gasteiger partial charge in [-0.2, -0.15) is 4.99 Å². The predicted molar refractivity (Wildman–Crippen MR) is 93.0 cm³/mol. The highest BCUT2D eigenvalue weighted by Crippen LogP contribution is 2.32. The Morgan fingerprint density at radius 2 is 2.14 bits per heavy atom. The molecule has 6 N–H and O–H groups in total. The summed E-state index contributed by atoms with van der Waals surface area (Å²) in [7, 11) is 1.77. The first kappa shape index (κ1) is 15.2. The van der Waals surface area contributed by atoms with Crippen LogP contribution in [0.4, 0.5) is 10.8 Å². The first-order chi connectivity index (χ1) is 9.99. The third-order valence-corrected chi connectivity index (χ3v) is 3.80. The van der Waals surface area contributed by atoms with Gasteiger partial charge >= 0.3 is 0 Å². The molecule has 0 saturated carbocycles. The summed E-state index contributed by atoms with van der Waals surface area (Å²) >= 11 is 6.54. The van der Waals surface area contributed by atoms with Crippen LogP contribution >= 0.6 is 23.6 Å². The van der Waals surface area contributed by atoms with Crippen molar-refractivity contribution < 1.29 is 0 Å². The first-order valence-corrected chi connectivity index (χ1v) is 7.38. The van der Waals surface area contributed by atoms with Gasteiger partial charge in [-0.1, -0.05) is 23.5 Å². The van der Waals surface area contributed by atoms with Crippen LogP contribution in [0.1, 0.15) is 4.88 Å². The fraction of sp³-hybridized carbons (Fsp3) is 0.154. The van der Waals surface area contributed by atoms with Crippen LogP contribution in [0, 0.1) is 6.92 Å². The number of nitrogens with two attached hydrogens (primary N) is 2. The van der Waals surface area contributed by atoms with Crippen molar-refractivity contribution in [1.29, 1.82) is 0 Å². The number of aliphatic imine (C=N–C) groups is 1. The van der Waals surface area contributed by atoms with Crippen LogP contribution in [0.5, 0.6) is 0 Å². The molecule has 0 aliphatic carbocycles. The van der Waals surface area contributed by atoms with Crippen molar-refractivity contribution in [2.24, 2.45) is 16.5 Å². The van der Waals surface area contributed by atoms with Crippen LogP contribution in [0.2, 0.25) is 0 Å². The van der Waals surface area contributed by atoms with Crippen LogP contribution in [0.15, 0.2) is 29.3 Å². The molecular weight excluding hydrogens is 304 g/mol. The zero-order chi connectivity index (χ0) is 15.4. The van der Waals surface area contributed by atoms with Crippen LogP contribution in [-0.4, -0.2) is 23.1 Å². The molecule has 0 aliphatic rings. The Bertz CT molecular complexity index is 688. The maximum absolute atomic E-state index is 5.38. The molecule has 0 spiro atoms. The summed E-state index contributed by atoms with van der Waals surface area (Å²) in [6.07, 6.45) is 0. The highest BCUT2D eigenvalue weighted by Gasteiger charge is 2.10. The summed E-state index contributed by atoms with van der Waals surface area (Å²) in [6, 6.07) is 7.83. The second-order valence-corrected chi connectivity index (χ2v) is 5.81. The number of thiocarbonyl (C=S) groups is 1. The number of anilines is 1. The van der Waals surface area contributed by atoms with Gasteiger partial charge in [-0.3, -0.25) is 0 Å². The molecule has 0 radical (unpaired) electrons. The third-order valence-electron chi connectivity index (χ3n) is 2.63. The van der Waals surface area contributed by atoms with E-state index in [0.29, 0.717) is 10.2 Å². The Labute approximate surface area is 132 Å². The van der Waals surface area contributed by atoms with Crippen LogP contribution in [-0.2, 0) is 0 Å². The van der Waals surface area contributed by atoms with E-state index < -0.39 is 0 Å². The Morgan fingerprint density at radius 1 is 1.38 bits per heavy atom. The number of nitrogens with one attached hydrogen (secondary N) is 2. The molecule has 0 amide bonds. The lowest BCUT2D eigenvalue weighted by atomic mass is 10.1. The van der Waals surface area contributed by atoms with Gasteiger partial charge in [0, 0.05) is 23.2 Å². The van der Waals surface area contributed by atoms with Gasteiger partial charge in [-0.05, 0) is 31.3 Å². The summed E-state index contributed by atoms with van der Waals surface area (Å²) in [4.78, 5) is 9.48. The van der Waals surface area contributed by atoms with Crippen molar-refractivity contribution in [2.75, 3.05) is 12.4 Å². The van der Waals surface area contributed by atoms with Gasteiger partial charge < -0.3 is 22.1 Å². The average molecular weight is 320 g/mol. The molecule has 21 heavy (non-hydrogen) atoms. The molecule has 0 bridgehead atoms. The zero-order valence-electron chi connectivity index (χ0n) is 11.7. The van der Waals surface area contributed by atoms with E-state index in [1.54, 1.807) is 7.05 Å². The number of hydrogen-bond donors (Lipinski definition) is 4. The molecule has 0 aliphatic heterocycles. The number of benzene rings is 1. The highest BCUT2D eigenvalue weighted by molar-refractivity contribution is 7.80. The molecular formula is C13H16N6S2. The van der Waals surface area contributed by atoms with E-state index in [1.165, 1.54) is 11.3 Å². The Hall–Kier alpha value is -2.19. The summed E-state index contributed by atoms with van der Waals surface area (Å²) in [5, 5.41) is 7.07. The predicted octanol–water partition coefficient (Wildman–Crippen LogP) is 1.94. The minimum absolute atomic E-state index is 0.00471. The van der Waals surface area contributed by atoms with Gasteiger partial charge in [0.05, 0.1) is 5.69 Å². The van der Waals surface area contributed by atoms with Crippen molar-refractivity contribution in [2.45, 2.75) is 6.92 Å². The number of thiazole rings is 1. The minimum atomic E-state index is 0.00471. The lowest BCUT2D eigenvalue weighted by Crippen LogP contribution is -2.24. The van der Waals surface area contributed by atoms with Crippen molar-refractivity contribution in [3.63, 3.8) is 0 Å². The summed E-state index contributed by atoms with van der Waals surface area (Å²) in [5.74, 6) is 0.00471. The molecule has 8 heteroatoms. The average Bonchev–Trinajstić information content (AvgIpc) is 2.78. The van der Waals surface area contributed by atoms with E-state index in [9.17, 15) is 0 Å². The molecule has 0 atom stereocenters. The third kappa shape index (κ3) is 3.89. The molecule has 110 valence electrons. The van der Waals surface area contributed by atoms with E-state index in [4.69, 9.17) is 23.7 Å². The van der Waals surface area contributed by atoms with E-state index in [-0.39, 0.29) is 5.96 Å². The van der Waals surface area contributed by atoms with Crippen molar-refractivity contribution >= 4 is 45.4 Å². The van der Waals surface area contributed by atoms with Gasteiger partial charge in [0.25, 0.3) is 0 Å². The molecule has 2 aromatic rings. The molecule has 0 saturated heterocycles. The summed E-state index contributed by atoms with van der Waals surface area (Å²) in [5.41, 5.74) is 13.5. The fourth-order valence-corrected chi connectivity index (χ4v) is 2.69. The number of rotatable bonds is 3. The maximum Gasteiger partial charge on any atom is 0.213 e. The SMILES string of the molecule is CNC(=S)Nc1cccc(-c2nc(N=C(N)N)sc2C)c1. The van der Waals surface area contributed by atoms with Crippen LogP contribution < -0.4 is 22.1 Å². The number of guanidine groups is 1. The van der Waals surface area contributed by atoms with E-state index in [1.807, 2.05) is 31.2 Å². The Kier molecular flexibility index (Phi) is 4.71. The zero-order valence-corrected chi connectivity index (χ0v) is 13.3. The van der Waals surface area contributed by atoms with Crippen LogP contribution in [0.3, 0.4) is 0 Å². The van der Waals surface area contributed by atoms with Crippen molar-refractivity contribution in [3.8, 4) is 11.3 Å². The first-order valence-electron chi connectivity index (χ1n) is 6.16. The maximum atomic E-state index is 5.38. The standard InChI is InChI=1S/C13H16N6S2/c1-7-10(18-13(21-7)19-11(14)15)8-4-3-5-9(6-8)17-12(20)16-2/h3-6H,1-2H3,(H2,16,17,20)(H4,14,15,18,19). The minimum Gasteiger partial charge on any atom is -0.370 e. The lowest BCUT2D eigenvalue weighted by molar-refractivity contribution is 1.20. The normalized spacial score (nSPS) is 10.0. The van der Waals surface area contributed by atoms with Gasteiger partial charge in [0.1, 0.15) is 0 Å². The number of aromatic nitrogens is 1.